The minimum atomic E-state index is -4.75. The van der Waals surface area contributed by atoms with E-state index in [9.17, 15) is 22.0 Å². The minimum absolute atomic E-state index is 0.178. The van der Waals surface area contributed by atoms with E-state index in [-0.39, 0.29) is 5.65 Å². The zero-order chi connectivity index (χ0) is 13.5. The summed E-state index contributed by atoms with van der Waals surface area (Å²) in [6.07, 6.45) is -7.29. The Bertz CT molecular complexity index is 573. The molecule has 3 nitrogen and oxygen atoms in total. The van der Waals surface area contributed by atoms with Gasteiger partial charge in [0.15, 0.2) is 5.65 Å². The van der Waals surface area contributed by atoms with Gasteiger partial charge in [-0.25, -0.2) is 18.3 Å². The van der Waals surface area contributed by atoms with Crippen molar-refractivity contribution in [1.82, 2.24) is 14.6 Å². The molecular formula is C10H8F5N3. The number of alkyl halides is 5. The molecule has 0 radical (unpaired) electrons. The molecule has 2 aromatic heterocycles. The van der Waals surface area contributed by atoms with Gasteiger partial charge in [0.05, 0.1) is 0 Å². The van der Waals surface area contributed by atoms with E-state index in [2.05, 4.69) is 10.1 Å². The van der Waals surface area contributed by atoms with Crippen LogP contribution in [0.15, 0.2) is 12.1 Å². The largest absolute Gasteiger partial charge is 0.453 e. The van der Waals surface area contributed by atoms with Gasteiger partial charge >= 0.3 is 6.18 Å². The summed E-state index contributed by atoms with van der Waals surface area (Å²) in [5.74, 6) is -1.41. The molecule has 0 aliphatic rings. The zero-order valence-corrected chi connectivity index (χ0v) is 9.17. The summed E-state index contributed by atoms with van der Waals surface area (Å²) in [5.41, 5.74) is -0.352. The molecular weight excluding hydrogens is 257 g/mol. The SMILES string of the molecule is CCc1ccc(C(F)F)n2nc(C(F)(F)F)nc12. The maximum atomic E-state index is 12.7. The van der Waals surface area contributed by atoms with E-state index in [1.807, 2.05) is 0 Å². The third kappa shape index (κ3) is 2.02. The molecule has 0 aliphatic heterocycles. The second-order valence-electron chi connectivity index (χ2n) is 3.61. The number of halogens is 5. The van der Waals surface area contributed by atoms with E-state index in [4.69, 9.17) is 0 Å². The van der Waals surface area contributed by atoms with Crippen molar-refractivity contribution in [2.24, 2.45) is 0 Å². The van der Waals surface area contributed by atoms with Crippen molar-refractivity contribution in [1.29, 1.82) is 0 Å². The predicted molar refractivity (Wildman–Crippen MR) is 52.3 cm³/mol. The molecule has 18 heavy (non-hydrogen) atoms. The van der Waals surface area contributed by atoms with Gasteiger partial charge in [-0.15, -0.1) is 5.10 Å². The molecule has 2 heterocycles. The summed E-state index contributed by atoms with van der Waals surface area (Å²) >= 11 is 0. The van der Waals surface area contributed by atoms with E-state index >= 15 is 0 Å². The molecule has 2 rings (SSSR count). The summed E-state index contributed by atoms with van der Waals surface area (Å²) in [6, 6.07) is 2.40. The van der Waals surface area contributed by atoms with Crippen molar-refractivity contribution < 1.29 is 22.0 Å². The molecule has 0 bridgehead atoms. The number of aromatic nitrogens is 3. The minimum Gasteiger partial charge on any atom is -0.211 e. The van der Waals surface area contributed by atoms with E-state index in [0.717, 1.165) is 6.07 Å². The number of fused-ring (bicyclic) bond motifs is 1. The van der Waals surface area contributed by atoms with Gasteiger partial charge in [0, 0.05) is 0 Å². The van der Waals surface area contributed by atoms with Crippen molar-refractivity contribution in [3.8, 4) is 0 Å². The lowest BCUT2D eigenvalue weighted by Gasteiger charge is -2.05. The number of nitrogens with zero attached hydrogens (tertiary/aromatic N) is 3. The van der Waals surface area contributed by atoms with Crippen molar-refractivity contribution >= 4 is 5.65 Å². The number of hydrogen-bond acceptors (Lipinski definition) is 2. The van der Waals surface area contributed by atoms with Crippen LogP contribution in [0.4, 0.5) is 22.0 Å². The maximum absolute atomic E-state index is 12.7. The first kappa shape index (κ1) is 12.7. The first-order valence-corrected chi connectivity index (χ1v) is 5.08. The lowest BCUT2D eigenvalue weighted by atomic mass is 10.2. The van der Waals surface area contributed by atoms with Crippen LogP contribution in [0.3, 0.4) is 0 Å². The molecule has 98 valence electrons. The van der Waals surface area contributed by atoms with Gasteiger partial charge in [-0.3, -0.25) is 0 Å². The molecule has 8 heteroatoms. The second kappa shape index (κ2) is 4.18. The molecule has 0 fully saturated rings. The average Bonchev–Trinajstić information content (AvgIpc) is 2.71. The Morgan fingerprint density at radius 3 is 2.44 bits per heavy atom. The highest BCUT2D eigenvalue weighted by atomic mass is 19.4. The summed E-state index contributed by atoms with van der Waals surface area (Å²) in [6.45, 7) is 1.69. The summed E-state index contributed by atoms with van der Waals surface area (Å²) in [7, 11) is 0. The van der Waals surface area contributed by atoms with Gasteiger partial charge in [-0.05, 0) is 18.1 Å². The van der Waals surface area contributed by atoms with Gasteiger partial charge in [-0.2, -0.15) is 13.2 Å². The highest BCUT2D eigenvalue weighted by Gasteiger charge is 2.37. The van der Waals surface area contributed by atoms with Crippen LogP contribution >= 0.6 is 0 Å². The quantitative estimate of drug-likeness (QED) is 0.780. The van der Waals surface area contributed by atoms with E-state index in [1.54, 1.807) is 6.92 Å². The fourth-order valence-corrected chi connectivity index (χ4v) is 1.59. The summed E-state index contributed by atoms with van der Waals surface area (Å²) < 4.78 is 63.3. The number of hydrogen-bond donors (Lipinski definition) is 0. The van der Waals surface area contributed by atoms with Gasteiger partial charge in [0.1, 0.15) is 5.69 Å². The predicted octanol–water partition coefficient (Wildman–Crippen LogP) is 3.25. The maximum Gasteiger partial charge on any atom is 0.453 e. The first-order chi connectivity index (χ1) is 8.34. The Hall–Kier alpha value is -1.73. The van der Waals surface area contributed by atoms with Crippen molar-refractivity contribution in [3.63, 3.8) is 0 Å². The van der Waals surface area contributed by atoms with Crippen LogP contribution < -0.4 is 0 Å². The highest BCUT2D eigenvalue weighted by molar-refractivity contribution is 5.49. The third-order valence-electron chi connectivity index (χ3n) is 2.45. The molecule has 0 N–H and O–H groups in total. The van der Waals surface area contributed by atoms with Crippen LogP contribution in [0.5, 0.6) is 0 Å². The topological polar surface area (TPSA) is 30.2 Å². The number of rotatable bonds is 2. The molecule has 0 saturated carbocycles. The van der Waals surface area contributed by atoms with Gasteiger partial charge < -0.3 is 0 Å². The zero-order valence-electron chi connectivity index (χ0n) is 9.17. The fourth-order valence-electron chi connectivity index (χ4n) is 1.59. The fraction of sp³-hybridized carbons (Fsp3) is 0.400. The first-order valence-electron chi connectivity index (χ1n) is 5.08. The van der Waals surface area contributed by atoms with Crippen LogP contribution in [0, 0.1) is 0 Å². The van der Waals surface area contributed by atoms with Crippen LogP contribution in [0.25, 0.3) is 5.65 Å². The molecule has 0 spiro atoms. The Balaban J connectivity index is 2.74. The molecule has 0 aromatic carbocycles. The van der Waals surface area contributed by atoms with Gasteiger partial charge in [-0.1, -0.05) is 13.0 Å². The third-order valence-corrected chi connectivity index (χ3v) is 2.45. The Morgan fingerprint density at radius 2 is 1.94 bits per heavy atom. The number of pyridine rings is 1. The summed E-state index contributed by atoms with van der Waals surface area (Å²) in [5, 5.41) is 3.11. The molecule has 0 unspecified atom stereocenters. The van der Waals surface area contributed by atoms with E-state index in [1.165, 1.54) is 6.07 Å². The molecule has 2 aromatic rings. The molecule has 0 amide bonds. The number of aryl methyl sites for hydroxylation is 1. The smallest absolute Gasteiger partial charge is 0.211 e. The lowest BCUT2D eigenvalue weighted by Crippen LogP contribution is -2.08. The van der Waals surface area contributed by atoms with Crippen LogP contribution in [0.1, 0.15) is 30.4 Å². The lowest BCUT2D eigenvalue weighted by molar-refractivity contribution is -0.144. The van der Waals surface area contributed by atoms with Crippen LogP contribution in [-0.2, 0) is 12.6 Å². The van der Waals surface area contributed by atoms with E-state index in [0.29, 0.717) is 16.5 Å². The normalized spacial score (nSPS) is 12.6. The molecule has 0 aliphatic carbocycles. The van der Waals surface area contributed by atoms with Crippen molar-refractivity contribution in [3.05, 3.63) is 29.2 Å². The second-order valence-corrected chi connectivity index (χ2v) is 3.61. The molecule has 0 atom stereocenters. The summed E-state index contributed by atoms with van der Waals surface area (Å²) in [4.78, 5) is 3.29. The van der Waals surface area contributed by atoms with Crippen LogP contribution in [-0.4, -0.2) is 14.6 Å². The van der Waals surface area contributed by atoms with Crippen molar-refractivity contribution in [2.75, 3.05) is 0 Å². The average molecular weight is 265 g/mol. The Kier molecular flexibility index (Phi) is 2.95. The van der Waals surface area contributed by atoms with E-state index < -0.39 is 24.1 Å². The standard InChI is InChI=1S/C10H8F5N3/c1-2-5-3-4-6(7(11)12)18-8(5)16-9(17-18)10(13,14)15/h3-4,7H,2H2,1H3. The van der Waals surface area contributed by atoms with Gasteiger partial charge in [0.25, 0.3) is 12.2 Å². The Morgan fingerprint density at radius 1 is 1.28 bits per heavy atom. The monoisotopic (exact) mass is 265 g/mol. The highest BCUT2D eigenvalue weighted by Crippen LogP contribution is 2.29. The van der Waals surface area contributed by atoms with Gasteiger partial charge in [0.2, 0.25) is 0 Å². The molecule has 0 saturated heterocycles. The van der Waals surface area contributed by atoms with Crippen LogP contribution in [0.2, 0.25) is 0 Å². The Labute approximate surface area is 98.2 Å². The van der Waals surface area contributed by atoms with Crippen molar-refractivity contribution in [2.45, 2.75) is 25.9 Å².